The molecule has 1 aliphatic heterocycles. The highest BCUT2D eigenvalue weighted by Crippen LogP contribution is 2.52. The second kappa shape index (κ2) is 8.28. The third kappa shape index (κ3) is 3.69. The summed E-state index contributed by atoms with van der Waals surface area (Å²) in [6.45, 7) is -0.0531. The number of para-hydroxylation sites is 1. The number of allylic oxidation sites excluding steroid dienone is 2. The number of carbonyl (C=O) groups is 2. The van der Waals surface area contributed by atoms with Crippen LogP contribution < -0.4 is 4.74 Å². The molecule has 0 radical (unpaired) electrons. The topological polar surface area (TPSA) is 102 Å². The van der Waals surface area contributed by atoms with E-state index in [-0.39, 0.29) is 59.1 Å². The maximum Gasteiger partial charge on any atom is 0.311 e. The summed E-state index contributed by atoms with van der Waals surface area (Å²) in [6, 6.07) is 9.19. The minimum absolute atomic E-state index is 0.0432. The normalized spacial score (nSPS) is 25.3. The van der Waals surface area contributed by atoms with E-state index < -0.39 is 4.92 Å². The highest BCUT2D eigenvalue weighted by molar-refractivity contribution is 6.35. The van der Waals surface area contributed by atoms with E-state index in [9.17, 15) is 19.7 Å². The number of nitro groups is 1. The number of nitrogens with zero attached hydrogens (tertiary/aromatic N) is 3. The third-order valence-electron chi connectivity index (χ3n) is 6.37. The van der Waals surface area contributed by atoms with Gasteiger partial charge in [0.15, 0.2) is 0 Å². The number of nitro benzene ring substituents is 1. The average Bonchev–Trinajstić information content (AvgIpc) is 3.46. The van der Waals surface area contributed by atoms with E-state index >= 15 is 0 Å². The number of rotatable bonds is 6. The third-order valence-corrected chi connectivity index (χ3v) is 6.95. The van der Waals surface area contributed by atoms with Crippen LogP contribution in [0.2, 0.25) is 10.0 Å². The molecule has 2 aliphatic carbocycles. The molecule has 1 saturated heterocycles. The number of carbonyl (C=O) groups excluding carboxylic acids is 2. The van der Waals surface area contributed by atoms with E-state index in [4.69, 9.17) is 27.9 Å². The standard InChI is InChI=1S/C23H17Cl2N3O5/c24-16-7-6-15(17(25)9-16)11-33-21-14(2-1-3-18(21)28(31)32)10-26-27-22(29)19-12-4-5-13(8-12)20(19)23(27)30/h1-7,9-10,12-13,19-20H,8,11H2. The number of amides is 2. The van der Waals surface area contributed by atoms with Crippen molar-refractivity contribution >= 4 is 46.9 Å². The number of ether oxygens (including phenoxy) is 1. The van der Waals surface area contributed by atoms with Crippen molar-refractivity contribution in [2.24, 2.45) is 28.8 Å². The van der Waals surface area contributed by atoms with Gasteiger partial charge in [-0.25, -0.2) is 0 Å². The molecule has 2 aromatic rings. The lowest BCUT2D eigenvalue weighted by Crippen LogP contribution is -2.28. The van der Waals surface area contributed by atoms with Crippen molar-refractivity contribution in [3.63, 3.8) is 0 Å². The van der Waals surface area contributed by atoms with Gasteiger partial charge in [0.05, 0.1) is 23.0 Å². The summed E-state index contributed by atoms with van der Waals surface area (Å²) in [7, 11) is 0. The Morgan fingerprint density at radius 3 is 2.45 bits per heavy atom. The van der Waals surface area contributed by atoms with E-state index in [1.54, 1.807) is 24.3 Å². The van der Waals surface area contributed by atoms with Crippen LogP contribution in [0.15, 0.2) is 53.7 Å². The zero-order valence-corrected chi connectivity index (χ0v) is 18.6. The van der Waals surface area contributed by atoms with Gasteiger partial charge in [-0.05, 0) is 36.5 Å². The molecule has 168 valence electrons. The van der Waals surface area contributed by atoms with Crippen LogP contribution in [0.1, 0.15) is 17.5 Å². The van der Waals surface area contributed by atoms with Gasteiger partial charge < -0.3 is 4.74 Å². The van der Waals surface area contributed by atoms with Crippen molar-refractivity contribution in [1.82, 2.24) is 5.01 Å². The van der Waals surface area contributed by atoms with Crippen LogP contribution in [0.25, 0.3) is 0 Å². The van der Waals surface area contributed by atoms with Crippen LogP contribution in [0.4, 0.5) is 5.69 Å². The van der Waals surface area contributed by atoms with E-state index in [0.717, 1.165) is 11.4 Å². The predicted octanol–water partition coefficient (Wildman–Crippen LogP) is 4.62. The SMILES string of the molecule is O=C1C2C3C=CC(C3)C2C(=O)N1N=Cc1cccc([N+](=O)[O-])c1OCc1ccc(Cl)cc1Cl. The van der Waals surface area contributed by atoms with Gasteiger partial charge in [0.1, 0.15) is 6.61 Å². The fraction of sp³-hybridized carbons (Fsp3) is 0.261. The Kier molecular flexibility index (Phi) is 5.42. The molecule has 0 spiro atoms. The summed E-state index contributed by atoms with van der Waals surface area (Å²) >= 11 is 12.1. The second-order valence-corrected chi connectivity index (χ2v) is 9.05. The quantitative estimate of drug-likeness (QED) is 0.195. The lowest BCUT2D eigenvalue weighted by molar-refractivity contribution is -0.385. The second-order valence-electron chi connectivity index (χ2n) is 8.21. The minimum Gasteiger partial charge on any atom is -0.481 e. The summed E-state index contributed by atoms with van der Waals surface area (Å²) < 4.78 is 5.77. The highest BCUT2D eigenvalue weighted by Gasteiger charge is 2.59. The maximum absolute atomic E-state index is 12.8. The zero-order valence-electron chi connectivity index (χ0n) is 17.1. The van der Waals surface area contributed by atoms with E-state index in [2.05, 4.69) is 5.10 Å². The fourth-order valence-electron chi connectivity index (χ4n) is 4.85. The Labute approximate surface area is 198 Å². The van der Waals surface area contributed by atoms with E-state index in [1.165, 1.54) is 18.3 Å². The molecule has 2 amide bonds. The minimum atomic E-state index is -0.573. The molecule has 4 atom stereocenters. The Morgan fingerprint density at radius 2 is 1.82 bits per heavy atom. The molecule has 8 nitrogen and oxygen atoms in total. The highest BCUT2D eigenvalue weighted by atomic mass is 35.5. The molecule has 0 aromatic heterocycles. The monoisotopic (exact) mass is 485 g/mol. The van der Waals surface area contributed by atoms with Crippen LogP contribution in [0.3, 0.4) is 0 Å². The summed E-state index contributed by atoms with van der Waals surface area (Å²) in [5.74, 6) is -1.33. The van der Waals surface area contributed by atoms with Crippen molar-refractivity contribution in [3.05, 3.63) is 79.8 Å². The molecule has 2 bridgehead atoms. The molecule has 3 aliphatic rings. The summed E-state index contributed by atoms with van der Waals surface area (Å²) in [5, 5.41) is 17.4. The van der Waals surface area contributed by atoms with E-state index in [0.29, 0.717) is 15.6 Å². The molecular weight excluding hydrogens is 469 g/mol. The molecule has 0 N–H and O–H groups in total. The Balaban J connectivity index is 1.42. The Bertz CT molecular complexity index is 1210. The van der Waals surface area contributed by atoms with Crippen molar-refractivity contribution in [1.29, 1.82) is 0 Å². The van der Waals surface area contributed by atoms with Gasteiger partial charge in [-0.15, -0.1) is 0 Å². The van der Waals surface area contributed by atoms with Gasteiger partial charge in [0.2, 0.25) is 5.75 Å². The average molecular weight is 486 g/mol. The molecular formula is C23H17Cl2N3O5. The van der Waals surface area contributed by atoms with Crippen LogP contribution in [-0.2, 0) is 16.2 Å². The zero-order chi connectivity index (χ0) is 23.3. The van der Waals surface area contributed by atoms with Gasteiger partial charge in [0, 0.05) is 27.2 Å². The smallest absolute Gasteiger partial charge is 0.311 e. The number of hydrogen-bond donors (Lipinski definition) is 0. The summed E-state index contributed by atoms with van der Waals surface area (Å²) in [4.78, 5) is 36.7. The van der Waals surface area contributed by atoms with Crippen molar-refractivity contribution in [2.45, 2.75) is 13.0 Å². The molecule has 2 aromatic carbocycles. The number of fused-ring (bicyclic) bond motifs is 5. The lowest BCUT2D eigenvalue weighted by atomic mass is 9.85. The van der Waals surface area contributed by atoms with Crippen molar-refractivity contribution in [3.8, 4) is 5.75 Å². The Hall–Kier alpha value is -3.23. The first kappa shape index (κ1) is 21.6. The lowest BCUT2D eigenvalue weighted by Gasteiger charge is -2.13. The van der Waals surface area contributed by atoms with Crippen LogP contribution >= 0.6 is 23.2 Å². The van der Waals surface area contributed by atoms with Gasteiger partial charge >= 0.3 is 5.69 Å². The first-order chi connectivity index (χ1) is 15.8. The largest absolute Gasteiger partial charge is 0.481 e. The molecule has 5 rings (SSSR count). The van der Waals surface area contributed by atoms with Crippen molar-refractivity contribution in [2.75, 3.05) is 0 Å². The number of halogens is 2. The fourth-order valence-corrected chi connectivity index (χ4v) is 5.32. The maximum atomic E-state index is 12.8. The molecule has 10 heteroatoms. The molecule has 33 heavy (non-hydrogen) atoms. The van der Waals surface area contributed by atoms with Crippen LogP contribution in [0, 0.1) is 33.8 Å². The van der Waals surface area contributed by atoms with E-state index in [1.807, 2.05) is 12.2 Å². The van der Waals surface area contributed by atoms with Gasteiger partial charge in [-0.1, -0.05) is 47.5 Å². The predicted molar refractivity (Wildman–Crippen MR) is 121 cm³/mol. The number of benzene rings is 2. The van der Waals surface area contributed by atoms with Gasteiger partial charge in [0.25, 0.3) is 11.8 Å². The molecule has 2 fully saturated rings. The number of hydrazone groups is 1. The molecule has 4 unspecified atom stereocenters. The van der Waals surface area contributed by atoms with Gasteiger partial charge in [-0.2, -0.15) is 10.1 Å². The van der Waals surface area contributed by atoms with Crippen LogP contribution in [0.5, 0.6) is 5.75 Å². The summed E-state index contributed by atoms with van der Waals surface area (Å²) in [5.41, 5.74) is 0.568. The number of imide groups is 1. The molecule has 1 heterocycles. The number of hydrogen-bond acceptors (Lipinski definition) is 6. The van der Waals surface area contributed by atoms with Crippen molar-refractivity contribution < 1.29 is 19.2 Å². The van der Waals surface area contributed by atoms with Crippen LogP contribution in [-0.4, -0.2) is 28.0 Å². The molecule has 1 saturated carbocycles. The summed E-state index contributed by atoms with van der Waals surface area (Å²) in [6.07, 6.45) is 6.07. The first-order valence-corrected chi connectivity index (χ1v) is 11.0. The Morgan fingerprint density at radius 1 is 1.12 bits per heavy atom. The van der Waals surface area contributed by atoms with Gasteiger partial charge in [-0.3, -0.25) is 19.7 Å². The first-order valence-electron chi connectivity index (χ1n) is 10.3.